The molecule has 0 radical (unpaired) electrons. The summed E-state index contributed by atoms with van der Waals surface area (Å²) in [6, 6.07) is 15.0. The summed E-state index contributed by atoms with van der Waals surface area (Å²) in [6.07, 6.45) is 0. The van der Waals surface area contributed by atoms with Crippen LogP contribution in [0.2, 0.25) is 0 Å². The Hall–Kier alpha value is -2.77. The van der Waals surface area contributed by atoms with Gasteiger partial charge in [0.2, 0.25) is 0 Å². The molecule has 5 N–H and O–H groups in total. The maximum absolute atomic E-state index is 11.2. The Balaban J connectivity index is 1.88. The number of nitrogen functional groups attached to an aromatic ring is 1. The summed E-state index contributed by atoms with van der Waals surface area (Å²) in [5.74, 6) is -0.212. The van der Waals surface area contributed by atoms with E-state index in [-0.39, 0.29) is 10.6 Å². The highest BCUT2D eigenvalue weighted by atomic mass is 32.2. The van der Waals surface area contributed by atoms with E-state index in [4.69, 9.17) is 10.3 Å². The van der Waals surface area contributed by atoms with Crippen molar-refractivity contribution in [3.05, 3.63) is 60.2 Å². The molecule has 124 valence electrons. The van der Waals surface area contributed by atoms with Crippen LogP contribution in [0.4, 0.5) is 11.4 Å². The van der Waals surface area contributed by atoms with Crippen molar-refractivity contribution in [3.63, 3.8) is 0 Å². The van der Waals surface area contributed by atoms with Crippen LogP contribution in [-0.4, -0.2) is 18.1 Å². The number of anilines is 2. The van der Waals surface area contributed by atoms with E-state index in [1.165, 1.54) is 6.07 Å². The number of hydrogen-bond acceptors (Lipinski definition) is 5. The molecule has 7 heteroatoms. The van der Waals surface area contributed by atoms with E-state index in [2.05, 4.69) is 5.32 Å². The van der Waals surface area contributed by atoms with Gasteiger partial charge in [-0.15, -0.1) is 0 Å². The van der Waals surface area contributed by atoms with Crippen molar-refractivity contribution < 1.29 is 18.1 Å². The molecule has 0 atom stereocenters. The molecule has 0 saturated heterocycles. The first-order valence-electron chi connectivity index (χ1n) is 7.15. The lowest BCUT2D eigenvalue weighted by atomic mass is 10.1. The smallest absolute Gasteiger partial charge is 0.294 e. The normalized spacial score (nSPS) is 11.5. The fourth-order valence-corrected chi connectivity index (χ4v) is 2.95. The van der Waals surface area contributed by atoms with Crippen molar-refractivity contribution in [2.75, 3.05) is 11.1 Å². The van der Waals surface area contributed by atoms with Crippen molar-refractivity contribution in [1.82, 2.24) is 0 Å². The van der Waals surface area contributed by atoms with Crippen LogP contribution in [0.3, 0.4) is 0 Å². The SMILES string of the molecule is Nc1ccc(CNc2ccc3cc(S(=O)(=O)O)cc(O)c3c2)cc1. The maximum Gasteiger partial charge on any atom is 0.294 e. The highest BCUT2D eigenvalue weighted by Gasteiger charge is 2.13. The van der Waals surface area contributed by atoms with Gasteiger partial charge in [-0.25, -0.2) is 0 Å². The number of phenols is 1. The van der Waals surface area contributed by atoms with Gasteiger partial charge in [-0.2, -0.15) is 8.42 Å². The molecule has 0 aromatic heterocycles. The Morgan fingerprint density at radius 3 is 2.38 bits per heavy atom. The van der Waals surface area contributed by atoms with Crippen LogP contribution < -0.4 is 11.1 Å². The van der Waals surface area contributed by atoms with E-state index >= 15 is 0 Å². The largest absolute Gasteiger partial charge is 0.507 e. The van der Waals surface area contributed by atoms with Crippen LogP contribution in [0.15, 0.2) is 59.5 Å². The summed E-state index contributed by atoms with van der Waals surface area (Å²) < 4.78 is 31.5. The van der Waals surface area contributed by atoms with Gasteiger partial charge in [0.25, 0.3) is 10.1 Å². The van der Waals surface area contributed by atoms with Crippen LogP contribution in [0.25, 0.3) is 10.8 Å². The van der Waals surface area contributed by atoms with Crippen molar-refractivity contribution in [2.45, 2.75) is 11.4 Å². The Bertz CT molecular complexity index is 999. The molecule has 0 aliphatic carbocycles. The first-order valence-corrected chi connectivity index (χ1v) is 8.59. The molecule has 0 unspecified atom stereocenters. The number of aromatic hydroxyl groups is 1. The first-order chi connectivity index (χ1) is 11.3. The monoisotopic (exact) mass is 344 g/mol. The molecule has 24 heavy (non-hydrogen) atoms. The number of hydrogen-bond donors (Lipinski definition) is 4. The lowest BCUT2D eigenvalue weighted by molar-refractivity contribution is 0.471. The predicted molar refractivity (Wildman–Crippen MR) is 93.6 cm³/mol. The molecule has 3 rings (SSSR count). The van der Waals surface area contributed by atoms with Crippen molar-refractivity contribution >= 4 is 32.3 Å². The molecule has 0 aliphatic heterocycles. The molecule has 0 bridgehead atoms. The summed E-state index contributed by atoms with van der Waals surface area (Å²) in [5, 5.41) is 14.3. The Morgan fingerprint density at radius 1 is 1.00 bits per heavy atom. The van der Waals surface area contributed by atoms with E-state index in [0.29, 0.717) is 23.0 Å². The zero-order chi connectivity index (χ0) is 17.3. The molecule has 6 nitrogen and oxygen atoms in total. The molecular weight excluding hydrogens is 328 g/mol. The summed E-state index contributed by atoms with van der Waals surface area (Å²) in [5.41, 5.74) is 8.17. The fraction of sp³-hybridized carbons (Fsp3) is 0.0588. The number of rotatable bonds is 4. The maximum atomic E-state index is 11.2. The molecule has 0 heterocycles. The number of nitrogens with two attached hydrogens (primary N) is 1. The van der Waals surface area contributed by atoms with Gasteiger partial charge in [-0.1, -0.05) is 18.2 Å². The highest BCUT2D eigenvalue weighted by molar-refractivity contribution is 7.85. The Labute approximate surface area is 139 Å². The second kappa shape index (κ2) is 6.03. The third-order valence-corrected chi connectivity index (χ3v) is 4.51. The van der Waals surface area contributed by atoms with Crippen LogP contribution in [-0.2, 0) is 16.7 Å². The van der Waals surface area contributed by atoms with Gasteiger partial charge in [-0.05, 0) is 41.3 Å². The average Bonchev–Trinajstić information content (AvgIpc) is 2.53. The molecule has 3 aromatic carbocycles. The molecule has 0 aliphatic rings. The van der Waals surface area contributed by atoms with Crippen LogP contribution in [0, 0.1) is 0 Å². The van der Waals surface area contributed by atoms with Crippen LogP contribution in [0.5, 0.6) is 5.75 Å². The van der Waals surface area contributed by atoms with E-state index in [9.17, 15) is 13.5 Å². The topological polar surface area (TPSA) is 113 Å². The molecule has 3 aromatic rings. The minimum Gasteiger partial charge on any atom is -0.507 e. The standard InChI is InChI=1S/C17H16N2O4S/c18-13-4-1-11(2-5-13)10-19-14-6-3-12-7-15(24(21,22)23)9-17(20)16(12)8-14/h1-9,19-20H,10,18H2,(H,21,22,23). The molecular formula is C17H16N2O4S. The average molecular weight is 344 g/mol. The fourth-order valence-electron chi connectivity index (χ4n) is 2.41. The first kappa shape index (κ1) is 16.1. The third-order valence-electron chi connectivity index (χ3n) is 3.68. The Kier molecular flexibility index (Phi) is 4.04. The second-order valence-corrected chi connectivity index (χ2v) is 6.87. The van der Waals surface area contributed by atoms with Gasteiger partial charge in [-0.3, -0.25) is 4.55 Å². The highest BCUT2D eigenvalue weighted by Crippen LogP contribution is 2.31. The summed E-state index contributed by atoms with van der Waals surface area (Å²) in [4.78, 5) is -0.338. The quantitative estimate of drug-likeness (QED) is 0.427. The molecule has 0 fully saturated rings. The minimum absolute atomic E-state index is 0.212. The second-order valence-electron chi connectivity index (χ2n) is 5.45. The van der Waals surface area contributed by atoms with E-state index in [1.807, 2.05) is 24.3 Å². The Morgan fingerprint density at radius 2 is 1.71 bits per heavy atom. The minimum atomic E-state index is -4.36. The zero-order valence-corrected chi connectivity index (χ0v) is 13.4. The number of benzene rings is 3. The predicted octanol–water partition coefficient (Wildman–Crippen LogP) is 2.99. The third kappa shape index (κ3) is 3.42. The number of nitrogens with one attached hydrogen (secondary N) is 1. The molecule has 0 saturated carbocycles. The van der Waals surface area contributed by atoms with Crippen molar-refractivity contribution in [3.8, 4) is 5.75 Å². The van der Waals surface area contributed by atoms with Gasteiger partial charge >= 0.3 is 0 Å². The van der Waals surface area contributed by atoms with Gasteiger partial charge in [0, 0.05) is 29.4 Å². The molecule has 0 amide bonds. The van der Waals surface area contributed by atoms with Gasteiger partial charge in [0.1, 0.15) is 5.75 Å². The number of fused-ring (bicyclic) bond motifs is 1. The van der Waals surface area contributed by atoms with Gasteiger partial charge in [0.05, 0.1) is 4.90 Å². The van der Waals surface area contributed by atoms with E-state index < -0.39 is 10.1 Å². The zero-order valence-electron chi connectivity index (χ0n) is 12.6. The van der Waals surface area contributed by atoms with Crippen LogP contribution in [0.1, 0.15) is 5.56 Å². The summed E-state index contributed by atoms with van der Waals surface area (Å²) >= 11 is 0. The van der Waals surface area contributed by atoms with Crippen molar-refractivity contribution in [2.24, 2.45) is 0 Å². The van der Waals surface area contributed by atoms with Gasteiger partial charge in [0.15, 0.2) is 0 Å². The summed E-state index contributed by atoms with van der Waals surface area (Å²) in [7, 11) is -4.36. The van der Waals surface area contributed by atoms with E-state index in [1.54, 1.807) is 18.2 Å². The number of phenolic OH excluding ortho intramolecular Hbond substituents is 1. The van der Waals surface area contributed by atoms with Crippen LogP contribution >= 0.6 is 0 Å². The lowest BCUT2D eigenvalue weighted by Crippen LogP contribution is -2.00. The van der Waals surface area contributed by atoms with E-state index in [0.717, 1.165) is 17.3 Å². The summed E-state index contributed by atoms with van der Waals surface area (Å²) in [6.45, 7) is 0.579. The molecule has 0 spiro atoms. The van der Waals surface area contributed by atoms with Crippen molar-refractivity contribution in [1.29, 1.82) is 0 Å². The lowest BCUT2D eigenvalue weighted by Gasteiger charge is -2.10. The van der Waals surface area contributed by atoms with Gasteiger partial charge < -0.3 is 16.2 Å².